The van der Waals surface area contributed by atoms with Crippen molar-refractivity contribution >= 4 is 17.7 Å². The van der Waals surface area contributed by atoms with E-state index in [2.05, 4.69) is 85.9 Å². The van der Waals surface area contributed by atoms with Crippen molar-refractivity contribution in [2.75, 3.05) is 42.9 Å². The van der Waals surface area contributed by atoms with Gasteiger partial charge in [-0.05, 0) is 76.3 Å². The van der Waals surface area contributed by atoms with Crippen LogP contribution in [-0.4, -0.2) is 64.8 Å². The zero-order valence-corrected chi connectivity index (χ0v) is 32.5. The van der Waals surface area contributed by atoms with Gasteiger partial charge < -0.3 is 34.9 Å². The highest BCUT2D eigenvalue weighted by molar-refractivity contribution is 5.89. The highest BCUT2D eigenvalue weighted by Crippen LogP contribution is 2.42. The lowest BCUT2D eigenvalue weighted by atomic mass is 9.89. The first-order valence-corrected chi connectivity index (χ1v) is 19.8. The van der Waals surface area contributed by atoms with Crippen molar-refractivity contribution in [3.05, 3.63) is 168 Å². The molecule has 2 saturated heterocycles. The Morgan fingerprint density at radius 1 is 0.741 bits per heavy atom. The number of piperazine rings is 1. The maximum Gasteiger partial charge on any atom is 0.319 e. The minimum absolute atomic E-state index is 0.00156. The number of amides is 2. The van der Waals surface area contributed by atoms with Gasteiger partial charge >= 0.3 is 6.03 Å². The van der Waals surface area contributed by atoms with Crippen LogP contribution in [0.2, 0.25) is 0 Å². The summed E-state index contributed by atoms with van der Waals surface area (Å²) in [5.74, 6) is 2.30. The summed E-state index contributed by atoms with van der Waals surface area (Å²) in [4.78, 5) is 26.3. The number of hydrogen-bond donors (Lipinski definition) is 3. The molecule has 2 fully saturated rings. The molecule has 2 aliphatic heterocycles. The SMILES string of the molecule is C[C@@H]1[C@H](CN2CCN(c3ncccn3)CC2)O[C@H](c2ccc(-c3cccc(CNC(=O)Nc4ccc(Oc5ccccc5)cc4)c3)cc2)O[C@@H]1c1ccc(CO)cc1. The molecule has 2 amide bonds. The monoisotopic (exact) mass is 776 g/mol. The van der Waals surface area contributed by atoms with Crippen LogP contribution < -0.4 is 20.3 Å². The maximum absolute atomic E-state index is 12.8. The molecule has 8 rings (SSSR count). The molecule has 11 heteroatoms. The van der Waals surface area contributed by atoms with Crippen LogP contribution in [0.4, 0.5) is 16.4 Å². The fourth-order valence-corrected chi connectivity index (χ4v) is 7.45. The van der Waals surface area contributed by atoms with Crippen molar-refractivity contribution in [3.63, 3.8) is 0 Å². The largest absolute Gasteiger partial charge is 0.457 e. The molecule has 5 aromatic carbocycles. The van der Waals surface area contributed by atoms with Crippen LogP contribution in [0.3, 0.4) is 0 Å². The number of carbonyl (C=O) groups excluding carboxylic acids is 1. The topological polar surface area (TPSA) is 121 Å². The number of nitrogens with zero attached hydrogens (tertiary/aromatic N) is 4. The van der Waals surface area contributed by atoms with E-state index in [4.69, 9.17) is 14.2 Å². The molecule has 58 heavy (non-hydrogen) atoms. The van der Waals surface area contributed by atoms with Crippen LogP contribution in [0.1, 0.15) is 41.6 Å². The molecule has 2 aliphatic rings. The molecule has 6 aromatic rings. The first-order chi connectivity index (χ1) is 28.5. The predicted octanol–water partition coefficient (Wildman–Crippen LogP) is 8.36. The molecule has 0 radical (unpaired) electrons. The summed E-state index contributed by atoms with van der Waals surface area (Å²) in [5, 5.41) is 15.5. The number of benzene rings is 5. The highest BCUT2D eigenvalue weighted by Gasteiger charge is 2.39. The molecular formula is C47H48N6O5. The second-order valence-electron chi connectivity index (χ2n) is 14.7. The summed E-state index contributed by atoms with van der Waals surface area (Å²) < 4.78 is 19.4. The number of carbonyl (C=O) groups is 1. The number of hydrogen-bond acceptors (Lipinski definition) is 9. The molecule has 11 nitrogen and oxygen atoms in total. The number of aromatic nitrogens is 2. The molecule has 4 atom stereocenters. The maximum atomic E-state index is 12.8. The fraction of sp³-hybridized carbons (Fsp3) is 0.255. The average molecular weight is 777 g/mol. The predicted molar refractivity (Wildman–Crippen MR) is 224 cm³/mol. The van der Waals surface area contributed by atoms with Crippen molar-refractivity contribution < 1.29 is 24.1 Å². The van der Waals surface area contributed by atoms with Gasteiger partial charge in [0.25, 0.3) is 0 Å². The van der Waals surface area contributed by atoms with Gasteiger partial charge in [0, 0.05) is 68.8 Å². The number of ether oxygens (including phenoxy) is 3. The number of para-hydroxylation sites is 1. The van der Waals surface area contributed by atoms with Crippen LogP contribution in [-0.2, 0) is 22.6 Å². The molecule has 0 bridgehead atoms. The van der Waals surface area contributed by atoms with E-state index in [1.165, 1.54) is 0 Å². The minimum Gasteiger partial charge on any atom is -0.457 e. The molecular weight excluding hydrogens is 729 g/mol. The fourth-order valence-electron chi connectivity index (χ4n) is 7.45. The number of nitrogens with one attached hydrogen (secondary N) is 2. The van der Waals surface area contributed by atoms with Gasteiger partial charge in [-0.3, -0.25) is 4.90 Å². The van der Waals surface area contributed by atoms with Gasteiger partial charge in [-0.15, -0.1) is 0 Å². The summed E-state index contributed by atoms with van der Waals surface area (Å²) in [6, 6.07) is 42.9. The van der Waals surface area contributed by atoms with E-state index in [0.717, 1.165) is 77.8 Å². The number of rotatable bonds is 12. The quantitative estimate of drug-likeness (QED) is 0.113. The number of aliphatic hydroxyl groups is 1. The molecule has 1 aromatic heterocycles. The van der Waals surface area contributed by atoms with Crippen molar-refractivity contribution in [2.45, 2.75) is 38.6 Å². The molecule has 0 unspecified atom stereocenters. The molecule has 296 valence electrons. The Morgan fingerprint density at radius 2 is 1.45 bits per heavy atom. The Kier molecular flexibility index (Phi) is 12.3. The van der Waals surface area contributed by atoms with Gasteiger partial charge in [0.15, 0.2) is 6.29 Å². The first kappa shape index (κ1) is 38.7. The second kappa shape index (κ2) is 18.4. The van der Waals surface area contributed by atoms with E-state index >= 15 is 0 Å². The standard InChI is InChI=1S/C47H48N6O5/c1-33-43(31-52-25-27-53(28-26-52)46-48-23-6-24-49-46)57-45(58-44(33)37-13-11-34(32-54)12-14-37)38-17-15-36(16-18-38)39-8-5-7-35(29-39)30-50-47(55)51-40-19-21-42(22-20-40)56-41-9-3-2-4-10-41/h2-24,29,33,43-45,54H,25-28,30-32H2,1H3,(H2,50,51,55)/t33-,43+,44+,45+/m1/s1. The van der Waals surface area contributed by atoms with Gasteiger partial charge in [-0.1, -0.05) is 91.9 Å². The molecule has 3 heterocycles. The summed E-state index contributed by atoms with van der Waals surface area (Å²) in [6.45, 7) is 6.83. The normalized spacial score (nSPS) is 19.7. The Bertz CT molecular complexity index is 2220. The number of anilines is 2. The van der Waals surface area contributed by atoms with Crippen LogP contribution in [0.5, 0.6) is 11.5 Å². The smallest absolute Gasteiger partial charge is 0.319 e. The molecule has 0 saturated carbocycles. The number of aliphatic hydroxyl groups excluding tert-OH is 1. The van der Waals surface area contributed by atoms with E-state index in [-0.39, 0.29) is 30.8 Å². The van der Waals surface area contributed by atoms with Gasteiger partial charge in [0.2, 0.25) is 5.95 Å². The van der Waals surface area contributed by atoms with Crippen molar-refractivity contribution in [1.29, 1.82) is 0 Å². The van der Waals surface area contributed by atoms with Crippen molar-refractivity contribution in [3.8, 4) is 22.6 Å². The summed E-state index contributed by atoms with van der Waals surface area (Å²) in [5.41, 5.74) is 6.61. The molecule has 0 spiro atoms. The Hall–Kier alpha value is -6.11. The summed E-state index contributed by atoms with van der Waals surface area (Å²) in [6.07, 6.45) is 2.75. The molecule has 0 aliphatic carbocycles. The third kappa shape index (κ3) is 9.70. The Labute approximate surface area is 339 Å². The minimum atomic E-state index is -0.557. The van der Waals surface area contributed by atoms with Crippen molar-refractivity contribution in [1.82, 2.24) is 20.2 Å². The average Bonchev–Trinajstić information content (AvgIpc) is 3.28. The van der Waals surface area contributed by atoms with Gasteiger partial charge in [0.1, 0.15) is 11.5 Å². The van der Waals surface area contributed by atoms with Crippen LogP contribution >= 0.6 is 0 Å². The van der Waals surface area contributed by atoms with Crippen molar-refractivity contribution in [2.24, 2.45) is 5.92 Å². The summed E-state index contributed by atoms with van der Waals surface area (Å²) in [7, 11) is 0. The van der Waals surface area contributed by atoms with E-state index in [0.29, 0.717) is 18.0 Å². The van der Waals surface area contributed by atoms with Crippen LogP contribution in [0.25, 0.3) is 11.1 Å². The van der Waals surface area contributed by atoms with E-state index in [1.807, 2.05) is 84.9 Å². The second-order valence-corrected chi connectivity index (χ2v) is 14.7. The van der Waals surface area contributed by atoms with E-state index in [1.54, 1.807) is 12.4 Å². The lowest BCUT2D eigenvalue weighted by molar-refractivity contribution is -0.276. The summed E-state index contributed by atoms with van der Waals surface area (Å²) >= 11 is 0. The van der Waals surface area contributed by atoms with Crippen LogP contribution in [0.15, 0.2) is 146 Å². The van der Waals surface area contributed by atoms with Gasteiger partial charge in [0.05, 0.1) is 18.8 Å². The first-order valence-electron chi connectivity index (χ1n) is 19.8. The Balaban J connectivity index is 0.899. The van der Waals surface area contributed by atoms with E-state index in [9.17, 15) is 9.90 Å². The van der Waals surface area contributed by atoms with Crippen LogP contribution in [0, 0.1) is 5.92 Å². The lowest BCUT2D eigenvalue weighted by Gasteiger charge is -2.44. The van der Waals surface area contributed by atoms with Gasteiger partial charge in [-0.2, -0.15) is 0 Å². The van der Waals surface area contributed by atoms with E-state index < -0.39 is 6.29 Å². The zero-order chi connectivity index (χ0) is 39.7. The molecule has 3 N–H and O–H groups in total. The highest BCUT2D eigenvalue weighted by atomic mass is 16.7. The van der Waals surface area contributed by atoms with Gasteiger partial charge in [-0.25, -0.2) is 14.8 Å². The zero-order valence-electron chi connectivity index (χ0n) is 32.5. The third-order valence-electron chi connectivity index (χ3n) is 10.8. The lowest BCUT2D eigenvalue weighted by Crippen LogP contribution is -2.51. The Morgan fingerprint density at radius 3 is 2.17 bits per heavy atom. The third-order valence-corrected chi connectivity index (χ3v) is 10.8. The number of urea groups is 1.